The minimum absolute atomic E-state index is 0.453. The summed E-state index contributed by atoms with van der Waals surface area (Å²) in [5.74, 6) is 0. The molecule has 1 N–H and O–H groups in total. The summed E-state index contributed by atoms with van der Waals surface area (Å²) in [5.41, 5.74) is 2.48. The van der Waals surface area contributed by atoms with E-state index in [1.807, 2.05) is 30.3 Å². The number of hydrogen-bond acceptors (Lipinski definition) is 3. The monoisotopic (exact) mass is 285 g/mol. The van der Waals surface area contributed by atoms with Crippen LogP contribution < -0.4 is 5.32 Å². The van der Waals surface area contributed by atoms with E-state index >= 15 is 0 Å². The third-order valence-corrected chi connectivity index (χ3v) is 4.21. The fourth-order valence-electron chi connectivity index (χ4n) is 3.02. The van der Waals surface area contributed by atoms with Crippen molar-refractivity contribution in [2.24, 2.45) is 0 Å². The van der Waals surface area contributed by atoms with Crippen LogP contribution in [0.25, 0.3) is 0 Å². The molecule has 1 aliphatic carbocycles. The first-order chi connectivity index (χ1) is 10.3. The third kappa shape index (κ3) is 3.85. The molecular formula is C17H23N3O. The maximum atomic E-state index is 5.43. The molecule has 4 nitrogen and oxygen atoms in total. The zero-order chi connectivity index (χ0) is 14.5. The Morgan fingerprint density at radius 2 is 2.10 bits per heavy atom. The average molecular weight is 285 g/mol. The molecule has 4 heteroatoms. The third-order valence-electron chi connectivity index (χ3n) is 4.21. The minimum atomic E-state index is 0.453. The molecule has 0 saturated heterocycles. The van der Waals surface area contributed by atoms with Gasteiger partial charge >= 0.3 is 0 Å². The van der Waals surface area contributed by atoms with Gasteiger partial charge in [0.1, 0.15) is 0 Å². The van der Waals surface area contributed by atoms with Crippen LogP contribution in [0.15, 0.2) is 42.7 Å². The Morgan fingerprint density at radius 3 is 2.81 bits per heavy atom. The second kappa shape index (κ2) is 6.76. The van der Waals surface area contributed by atoms with E-state index in [0.29, 0.717) is 12.1 Å². The van der Waals surface area contributed by atoms with Crippen LogP contribution >= 0.6 is 0 Å². The first kappa shape index (κ1) is 14.1. The Kier molecular flexibility index (Phi) is 4.55. The molecule has 1 aromatic heterocycles. The zero-order valence-corrected chi connectivity index (χ0v) is 12.5. The SMILES string of the molecule is COC1CCC(Nc2cccc(Cn3cccn3)c2)CC1. The molecule has 0 atom stereocenters. The van der Waals surface area contributed by atoms with Gasteiger partial charge < -0.3 is 10.1 Å². The average Bonchev–Trinajstić information content (AvgIpc) is 3.01. The van der Waals surface area contributed by atoms with Crippen molar-refractivity contribution >= 4 is 5.69 Å². The maximum absolute atomic E-state index is 5.43. The lowest BCUT2D eigenvalue weighted by Crippen LogP contribution is -2.29. The summed E-state index contributed by atoms with van der Waals surface area (Å²) < 4.78 is 7.38. The summed E-state index contributed by atoms with van der Waals surface area (Å²) in [5, 5.41) is 7.92. The van der Waals surface area contributed by atoms with Gasteiger partial charge in [-0.05, 0) is 49.4 Å². The van der Waals surface area contributed by atoms with Crippen LogP contribution in [0.3, 0.4) is 0 Å². The summed E-state index contributed by atoms with van der Waals surface area (Å²) in [7, 11) is 1.82. The standard InChI is InChI=1S/C17H23N3O/c1-21-17-8-6-15(7-9-17)19-16-5-2-4-14(12-16)13-20-11-3-10-18-20/h2-5,10-12,15,17,19H,6-9,13H2,1H3. The number of methoxy groups -OCH3 is 1. The molecule has 0 radical (unpaired) electrons. The number of benzene rings is 1. The van der Waals surface area contributed by atoms with Crippen molar-refractivity contribution in [3.05, 3.63) is 48.3 Å². The van der Waals surface area contributed by atoms with Gasteiger partial charge in [-0.25, -0.2) is 0 Å². The van der Waals surface area contributed by atoms with Crippen molar-refractivity contribution in [3.8, 4) is 0 Å². The lowest BCUT2D eigenvalue weighted by atomic mass is 9.93. The highest BCUT2D eigenvalue weighted by atomic mass is 16.5. The lowest BCUT2D eigenvalue weighted by Gasteiger charge is -2.29. The van der Waals surface area contributed by atoms with Gasteiger partial charge in [0.2, 0.25) is 0 Å². The predicted molar refractivity (Wildman–Crippen MR) is 84.4 cm³/mol. The number of aromatic nitrogens is 2. The van der Waals surface area contributed by atoms with Gasteiger partial charge in [0.05, 0.1) is 12.6 Å². The highest BCUT2D eigenvalue weighted by Crippen LogP contribution is 2.24. The van der Waals surface area contributed by atoms with Crippen molar-refractivity contribution < 1.29 is 4.74 Å². The van der Waals surface area contributed by atoms with Gasteiger partial charge in [-0.2, -0.15) is 5.10 Å². The Balaban J connectivity index is 1.58. The molecule has 1 heterocycles. The molecular weight excluding hydrogens is 262 g/mol. The van der Waals surface area contributed by atoms with E-state index in [9.17, 15) is 0 Å². The van der Waals surface area contributed by atoms with E-state index in [1.54, 1.807) is 0 Å². The molecule has 2 aromatic rings. The van der Waals surface area contributed by atoms with E-state index < -0.39 is 0 Å². The molecule has 1 saturated carbocycles. The molecule has 0 spiro atoms. The molecule has 1 aromatic carbocycles. The van der Waals surface area contributed by atoms with Crippen LogP contribution in [-0.4, -0.2) is 29.0 Å². The largest absolute Gasteiger partial charge is 0.382 e. The lowest BCUT2D eigenvalue weighted by molar-refractivity contribution is 0.0682. The quantitative estimate of drug-likeness (QED) is 0.916. The predicted octanol–water partition coefficient (Wildman–Crippen LogP) is 3.30. The van der Waals surface area contributed by atoms with Crippen molar-refractivity contribution in [1.29, 1.82) is 0 Å². The molecule has 1 aliphatic rings. The van der Waals surface area contributed by atoms with Crippen LogP contribution in [0.4, 0.5) is 5.69 Å². The number of anilines is 1. The number of ether oxygens (including phenoxy) is 1. The van der Waals surface area contributed by atoms with Crippen LogP contribution in [0, 0.1) is 0 Å². The Morgan fingerprint density at radius 1 is 1.24 bits per heavy atom. The topological polar surface area (TPSA) is 39.1 Å². The smallest absolute Gasteiger partial charge is 0.0660 e. The Bertz CT molecular complexity index is 545. The number of rotatable bonds is 5. The summed E-state index contributed by atoms with van der Waals surface area (Å²) in [6.45, 7) is 0.818. The second-order valence-electron chi connectivity index (χ2n) is 5.76. The van der Waals surface area contributed by atoms with E-state index in [4.69, 9.17) is 4.74 Å². The van der Waals surface area contributed by atoms with E-state index in [-0.39, 0.29) is 0 Å². The molecule has 0 aliphatic heterocycles. The van der Waals surface area contributed by atoms with Crippen LogP contribution in [-0.2, 0) is 11.3 Å². The number of hydrogen-bond donors (Lipinski definition) is 1. The molecule has 1 fully saturated rings. The van der Waals surface area contributed by atoms with Gasteiger partial charge in [-0.1, -0.05) is 12.1 Å². The number of nitrogens with zero attached hydrogens (tertiary/aromatic N) is 2. The van der Waals surface area contributed by atoms with Crippen LogP contribution in [0.5, 0.6) is 0 Å². The summed E-state index contributed by atoms with van der Waals surface area (Å²) >= 11 is 0. The van der Waals surface area contributed by atoms with Crippen molar-refractivity contribution in [2.75, 3.05) is 12.4 Å². The van der Waals surface area contributed by atoms with Crippen molar-refractivity contribution in [1.82, 2.24) is 9.78 Å². The Hall–Kier alpha value is -1.81. The Labute approximate surface area is 126 Å². The first-order valence-electron chi connectivity index (χ1n) is 7.69. The van der Waals surface area contributed by atoms with Crippen molar-refractivity contribution in [3.63, 3.8) is 0 Å². The zero-order valence-electron chi connectivity index (χ0n) is 12.5. The van der Waals surface area contributed by atoms with Gasteiger partial charge in [-0.15, -0.1) is 0 Å². The highest BCUT2D eigenvalue weighted by molar-refractivity contribution is 5.46. The van der Waals surface area contributed by atoms with Crippen molar-refractivity contribution in [2.45, 2.75) is 44.4 Å². The molecule has 0 unspecified atom stereocenters. The van der Waals surface area contributed by atoms with Gasteiger partial charge in [-0.3, -0.25) is 4.68 Å². The van der Waals surface area contributed by atoms with Gasteiger partial charge in [0.25, 0.3) is 0 Å². The maximum Gasteiger partial charge on any atom is 0.0660 e. The van der Waals surface area contributed by atoms with Crippen LogP contribution in [0.1, 0.15) is 31.2 Å². The first-order valence-corrected chi connectivity index (χ1v) is 7.69. The molecule has 0 amide bonds. The van der Waals surface area contributed by atoms with E-state index in [2.05, 4.69) is 34.7 Å². The minimum Gasteiger partial charge on any atom is -0.382 e. The number of nitrogens with one attached hydrogen (secondary N) is 1. The van der Waals surface area contributed by atoms with E-state index in [0.717, 1.165) is 19.4 Å². The normalized spacial score (nSPS) is 22.1. The molecule has 112 valence electrons. The van der Waals surface area contributed by atoms with E-state index in [1.165, 1.54) is 24.1 Å². The highest BCUT2D eigenvalue weighted by Gasteiger charge is 2.20. The van der Waals surface area contributed by atoms with Gasteiger partial charge in [0.15, 0.2) is 0 Å². The summed E-state index contributed by atoms with van der Waals surface area (Å²) in [6.07, 6.45) is 8.93. The fourth-order valence-corrected chi connectivity index (χ4v) is 3.02. The molecule has 0 bridgehead atoms. The van der Waals surface area contributed by atoms with Gasteiger partial charge in [0, 0.05) is 31.2 Å². The summed E-state index contributed by atoms with van der Waals surface area (Å²) in [4.78, 5) is 0. The summed E-state index contributed by atoms with van der Waals surface area (Å²) in [6, 6.07) is 11.2. The van der Waals surface area contributed by atoms with Crippen LogP contribution in [0.2, 0.25) is 0 Å². The fraction of sp³-hybridized carbons (Fsp3) is 0.471. The molecule has 3 rings (SSSR count). The molecule has 21 heavy (non-hydrogen) atoms. The second-order valence-corrected chi connectivity index (χ2v) is 5.76.